The number of hydrogen-bond donors (Lipinski definition) is 2. The summed E-state index contributed by atoms with van der Waals surface area (Å²) in [6.45, 7) is 11.0. The largest absolute Gasteiger partial charge is 0.391 e. The molecule has 3 atom stereocenters. The standard InChI is InChI=1S/C15H29N3O2.HI/c1-6-16-13(18-8-7-11(19)10-18)17-12-9-15(4,20-5)14(12,2)3;/h11-12,19H,6-10H2,1-5H3,(H,16,17);1H/t11-,12?,15?;/m1./s1. The SMILES string of the molecule is CCN=C(NC1CC(C)(OC)C1(C)C)N1CC[C@@H](O)C1.I. The highest BCUT2D eigenvalue weighted by Gasteiger charge is 2.58. The molecule has 2 aliphatic rings. The van der Waals surface area contributed by atoms with E-state index in [9.17, 15) is 5.11 Å². The zero-order valence-corrected chi connectivity index (χ0v) is 16.2. The molecule has 5 nitrogen and oxygen atoms in total. The second-order valence-electron chi connectivity index (χ2n) is 6.74. The van der Waals surface area contributed by atoms with Crippen LogP contribution < -0.4 is 5.32 Å². The maximum atomic E-state index is 9.70. The molecule has 2 rings (SSSR count). The molecular formula is C15H30IN3O2. The Labute approximate surface area is 145 Å². The number of nitrogens with zero attached hydrogens (tertiary/aromatic N) is 2. The number of halogens is 1. The Morgan fingerprint density at radius 1 is 1.43 bits per heavy atom. The van der Waals surface area contributed by atoms with Crippen LogP contribution in [-0.4, -0.2) is 60.5 Å². The summed E-state index contributed by atoms with van der Waals surface area (Å²) >= 11 is 0. The lowest BCUT2D eigenvalue weighted by molar-refractivity contribution is -0.177. The van der Waals surface area contributed by atoms with E-state index in [0.29, 0.717) is 12.6 Å². The molecule has 0 aromatic rings. The number of aliphatic hydroxyl groups is 1. The summed E-state index contributed by atoms with van der Waals surface area (Å²) in [6.07, 6.45) is 1.58. The number of aliphatic imine (C=N–C) groups is 1. The van der Waals surface area contributed by atoms with Crippen LogP contribution in [0.4, 0.5) is 0 Å². The van der Waals surface area contributed by atoms with Crippen molar-refractivity contribution in [1.29, 1.82) is 0 Å². The van der Waals surface area contributed by atoms with Gasteiger partial charge in [0.25, 0.3) is 0 Å². The van der Waals surface area contributed by atoms with E-state index < -0.39 is 0 Å². The maximum Gasteiger partial charge on any atom is 0.194 e. The second kappa shape index (κ2) is 7.00. The van der Waals surface area contributed by atoms with Crippen molar-refractivity contribution in [3.8, 4) is 0 Å². The number of nitrogens with one attached hydrogen (secondary N) is 1. The summed E-state index contributed by atoms with van der Waals surface area (Å²) in [5.41, 5.74) is -0.0128. The molecule has 1 aliphatic carbocycles. The molecule has 1 saturated carbocycles. The van der Waals surface area contributed by atoms with Gasteiger partial charge in [0.2, 0.25) is 0 Å². The Bertz CT molecular complexity index is 389. The summed E-state index contributed by atoms with van der Waals surface area (Å²) in [7, 11) is 1.79. The quantitative estimate of drug-likeness (QED) is 0.423. The van der Waals surface area contributed by atoms with E-state index in [2.05, 4.69) is 36.0 Å². The first-order chi connectivity index (χ1) is 9.34. The molecule has 1 aliphatic heterocycles. The van der Waals surface area contributed by atoms with E-state index in [1.165, 1.54) is 0 Å². The zero-order valence-electron chi connectivity index (χ0n) is 13.8. The number of aliphatic hydroxyl groups excluding tert-OH is 1. The minimum atomic E-state index is -0.225. The molecule has 0 bridgehead atoms. The number of β-amino-alcohol motifs (C(OH)–C–C–N with tert-alkyl or cyclic N) is 1. The van der Waals surface area contributed by atoms with Gasteiger partial charge in [-0.05, 0) is 26.7 Å². The molecular weight excluding hydrogens is 381 g/mol. The van der Waals surface area contributed by atoms with Crippen LogP contribution in [0.25, 0.3) is 0 Å². The lowest BCUT2D eigenvalue weighted by atomic mass is 9.56. The van der Waals surface area contributed by atoms with Crippen LogP contribution in [0.3, 0.4) is 0 Å². The van der Waals surface area contributed by atoms with Gasteiger partial charge in [0.15, 0.2) is 5.96 Å². The minimum Gasteiger partial charge on any atom is -0.391 e. The number of rotatable bonds is 3. The van der Waals surface area contributed by atoms with Crippen LogP contribution in [0.15, 0.2) is 4.99 Å². The zero-order chi connectivity index (χ0) is 15.0. The van der Waals surface area contributed by atoms with Crippen LogP contribution in [-0.2, 0) is 4.74 Å². The van der Waals surface area contributed by atoms with Gasteiger partial charge in [0.1, 0.15) is 0 Å². The lowest BCUT2D eigenvalue weighted by Crippen LogP contribution is -2.69. The van der Waals surface area contributed by atoms with Gasteiger partial charge in [0.05, 0.1) is 11.7 Å². The average molecular weight is 411 g/mol. The molecule has 2 unspecified atom stereocenters. The van der Waals surface area contributed by atoms with Gasteiger partial charge in [-0.1, -0.05) is 13.8 Å². The predicted octanol–water partition coefficient (Wildman–Crippen LogP) is 1.84. The Morgan fingerprint density at radius 3 is 2.52 bits per heavy atom. The normalized spacial score (nSPS) is 35.1. The first-order valence-electron chi connectivity index (χ1n) is 7.63. The van der Waals surface area contributed by atoms with Crippen molar-refractivity contribution in [3.63, 3.8) is 0 Å². The maximum absolute atomic E-state index is 9.70. The third-order valence-corrected chi connectivity index (χ3v) is 5.35. The van der Waals surface area contributed by atoms with E-state index in [-0.39, 0.29) is 41.1 Å². The summed E-state index contributed by atoms with van der Waals surface area (Å²) in [5, 5.41) is 13.3. The molecule has 2 fully saturated rings. The highest BCUT2D eigenvalue weighted by molar-refractivity contribution is 14.0. The number of ether oxygens (including phenoxy) is 1. The van der Waals surface area contributed by atoms with Gasteiger partial charge in [-0.25, -0.2) is 0 Å². The Morgan fingerprint density at radius 2 is 2.10 bits per heavy atom. The summed E-state index contributed by atoms with van der Waals surface area (Å²) in [4.78, 5) is 6.74. The fraction of sp³-hybridized carbons (Fsp3) is 0.933. The molecule has 124 valence electrons. The lowest BCUT2D eigenvalue weighted by Gasteiger charge is -2.59. The van der Waals surface area contributed by atoms with Crippen molar-refractivity contribution in [1.82, 2.24) is 10.2 Å². The monoisotopic (exact) mass is 411 g/mol. The first-order valence-corrected chi connectivity index (χ1v) is 7.63. The summed E-state index contributed by atoms with van der Waals surface area (Å²) < 4.78 is 5.67. The van der Waals surface area contributed by atoms with Gasteiger partial charge in [0, 0.05) is 38.2 Å². The van der Waals surface area contributed by atoms with Crippen molar-refractivity contribution in [3.05, 3.63) is 0 Å². The molecule has 2 N–H and O–H groups in total. The molecule has 0 spiro atoms. The number of hydrogen-bond acceptors (Lipinski definition) is 3. The van der Waals surface area contributed by atoms with Gasteiger partial charge >= 0.3 is 0 Å². The Kier molecular flexibility index (Phi) is 6.32. The van der Waals surface area contributed by atoms with E-state index in [1.807, 2.05) is 6.92 Å². The molecule has 0 radical (unpaired) electrons. The van der Waals surface area contributed by atoms with Gasteiger partial charge in [-0.15, -0.1) is 24.0 Å². The first kappa shape index (κ1) is 19.0. The van der Waals surface area contributed by atoms with Gasteiger partial charge in [-0.3, -0.25) is 4.99 Å². The smallest absolute Gasteiger partial charge is 0.194 e. The van der Waals surface area contributed by atoms with Crippen LogP contribution in [0.5, 0.6) is 0 Å². The topological polar surface area (TPSA) is 57.1 Å². The van der Waals surface area contributed by atoms with Gasteiger partial charge in [-0.2, -0.15) is 0 Å². The predicted molar refractivity (Wildman–Crippen MR) is 96.3 cm³/mol. The number of methoxy groups -OCH3 is 1. The number of likely N-dealkylation sites (tertiary alicyclic amines) is 1. The second-order valence-corrected chi connectivity index (χ2v) is 6.74. The molecule has 0 aromatic heterocycles. The minimum absolute atomic E-state index is 0. The fourth-order valence-electron chi connectivity index (χ4n) is 3.20. The third kappa shape index (κ3) is 3.47. The molecule has 0 amide bonds. The van der Waals surface area contributed by atoms with Crippen LogP contribution in [0.1, 0.15) is 40.5 Å². The summed E-state index contributed by atoms with van der Waals surface area (Å²) in [6, 6.07) is 0.357. The Balaban J connectivity index is 0.00000220. The third-order valence-electron chi connectivity index (χ3n) is 5.35. The van der Waals surface area contributed by atoms with E-state index in [4.69, 9.17) is 4.74 Å². The fourth-order valence-corrected chi connectivity index (χ4v) is 3.20. The molecule has 1 heterocycles. The van der Waals surface area contributed by atoms with Gasteiger partial charge < -0.3 is 20.1 Å². The van der Waals surface area contributed by atoms with E-state index >= 15 is 0 Å². The Hall–Kier alpha value is -0.0800. The van der Waals surface area contributed by atoms with Crippen LogP contribution >= 0.6 is 24.0 Å². The van der Waals surface area contributed by atoms with Crippen molar-refractivity contribution in [2.24, 2.45) is 10.4 Å². The molecule has 0 aromatic carbocycles. The van der Waals surface area contributed by atoms with Crippen molar-refractivity contribution >= 4 is 29.9 Å². The van der Waals surface area contributed by atoms with E-state index in [1.54, 1.807) is 7.11 Å². The molecule has 21 heavy (non-hydrogen) atoms. The van der Waals surface area contributed by atoms with Crippen molar-refractivity contribution in [2.75, 3.05) is 26.7 Å². The average Bonchev–Trinajstić information content (AvgIpc) is 2.83. The molecule has 6 heteroatoms. The summed E-state index contributed by atoms with van der Waals surface area (Å²) in [5.74, 6) is 0.931. The molecule has 1 saturated heterocycles. The number of guanidine groups is 1. The van der Waals surface area contributed by atoms with Crippen LogP contribution in [0.2, 0.25) is 0 Å². The highest BCUT2D eigenvalue weighted by atomic mass is 127. The highest BCUT2D eigenvalue weighted by Crippen LogP contribution is 2.51. The van der Waals surface area contributed by atoms with Crippen molar-refractivity contribution < 1.29 is 9.84 Å². The van der Waals surface area contributed by atoms with E-state index in [0.717, 1.165) is 31.9 Å². The van der Waals surface area contributed by atoms with Crippen molar-refractivity contribution in [2.45, 2.75) is 58.3 Å². The van der Waals surface area contributed by atoms with Crippen LogP contribution in [0, 0.1) is 5.41 Å².